The van der Waals surface area contributed by atoms with E-state index < -0.39 is 11.6 Å². The Kier molecular flexibility index (Phi) is 6.02. The van der Waals surface area contributed by atoms with E-state index in [-0.39, 0.29) is 60.0 Å². The molecule has 0 radical (unpaired) electrons. The normalized spacial score (nSPS) is 22.6. The van der Waals surface area contributed by atoms with Gasteiger partial charge in [-0.2, -0.15) is 15.2 Å². The van der Waals surface area contributed by atoms with Gasteiger partial charge in [0.2, 0.25) is 0 Å². The molecule has 3 aliphatic rings. The van der Waals surface area contributed by atoms with Crippen molar-refractivity contribution in [3.8, 4) is 23.2 Å². The van der Waals surface area contributed by atoms with Crippen LogP contribution in [0.5, 0.6) is 6.01 Å². The summed E-state index contributed by atoms with van der Waals surface area (Å²) in [5.41, 5.74) is 6.28. The fourth-order valence-corrected chi connectivity index (χ4v) is 7.45. The molecule has 12 heteroatoms. The Bertz CT molecular complexity index is 1730. The molecule has 0 aliphatic carbocycles. The van der Waals surface area contributed by atoms with Crippen molar-refractivity contribution in [2.24, 2.45) is 0 Å². The zero-order valence-electron chi connectivity index (χ0n) is 21.7. The number of nitriles is 1. The van der Waals surface area contributed by atoms with Crippen molar-refractivity contribution in [1.29, 1.82) is 5.26 Å². The Morgan fingerprint density at radius 1 is 1.32 bits per heavy atom. The van der Waals surface area contributed by atoms with Crippen molar-refractivity contribution in [2.75, 3.05) is 43.9 Å². The van der Waals surface area contributed by atoms with Crippen molar-refractivity contribution >= 4 is 54.7 Å². The van der Waals surface area contributed by atoms with Gasteiger partial charge in [-0.05, 0) is 63.5 Å². The highest BCUT2D eigenvalue weighted by molar-refractivity contribution is 7.23. The van der Waals surface area contributed by atoms with Crippen LogP contribution >= 0.6 is 22.9 Å². The second-order valence-corrected chi connectivity index (χ2v) is 12.2. The van der Waals surface area contributed by atoms with E-state index in [2.05, 4.69) is 27.1 Å². The van der Waals surface area contributed by atoms with E-state index >= 15 is 4.39 Å². The SMILES string of the molecule is CN1CCCC1COc1nc(N2CC23CCCN3)c2cc(Cl)c(-c3ccc(F)c4sc(N)c(C#N)c34)c(F)c2n1. The van der Waals surface area contributed by atoms with Crippen LogP contribution in [0, 0.1) is 23.0 Å². The molecule has 0 bridgehead atoms. The number of anilines is 2. The van der Waals surface area contributed by atoms with Crippen molar-refractivity contribution in [2.45, 2.75) is 37.4 Å². The Labute approximate surface area is 238 Å². The smallest absolute Gasteiger partial charge is 0.319 e. The molecule has 1 spiro atoms. The third-order valence-electron chi connectivity index (χ3n) is 8.43. The van der Waals surface area contributed by atoms with Gasteiger partial charge in [0.25, 0.3) is 0 Å². The first-order valence-corrected chi connectivity index (χ1v) is 14.5. The van der Waals surface area contributed by atoms with Crippen LogP contribution in [-0.4, -0.2) is 59.9 Å². The first-order valence-electron chi connectivity index (χ1n) is 13.3. The summed E-state index contributed by atoms with van der Waals surface area (Å²) in [7, 11) is 2.06. The molecule has 3 aliphatic heterocycles. The summed E-state index contributed by atoms with van der Waals surface area (Å²) in [5, 5.41) is 14.3. The van der Waals surface area contributed by atoms with Crippen LogP contribution in [0.15, 0.2) is 18.2 Å². The van der Waals surface area contributed by atoms with Crippen molar-refractivity contribution in [3.63, 3.8) is 0 Å². The lowest BCUT2D eigenvalue weighted by Crippen LogP contribution is -2.31. The molecule has 2 atom stereocenters. The fourth-order valence-electron chi connectivity index (χ4n) is 6.21. The summed E-state index contributed by atoms with van der Waals surface area (Å²) in [6.07, 6.45) is 4.11. The van der Waals surface area contributed by atoms with Crippen LogP contribution in [0.4, 0.5) is 19.6 Å². The summed E-state index contributed by atoms with van der Waals surface area (Å²) in [5.74, 6) is -0.670. The van der Waals surface area contributed by atoms with Crippen LogP contribution < -0.4 is 20.7 Å². The number of aromatic nitrogens is 2. The summed E-state index contributed by atoms with van der Waals surface area (Å²) < 4.78 is 37.6. The molecule has 7 rings (SSSR count). The number of nitrogens with zero attached hydrogens (tertiary/aromatic N) is 5. The molecule has 0 saturated carbocycles. The molecule has 0 amide bonds. The van der Waals surface area contributed by atoms with Crippen molar-refractivity contribution < 1.29 is 13.5 Å². The van der Waals surface area contributed by atoms with Crippen LogP contribution in [-0.2, 0) is 0 Å². The van der Waals surface area contributed by atoms with Crippen LogP contribution in [0.3, 0.4) is 0 Å². The number of hydrogen-bond donors (Lipinski definition) is 2. The van der Waals surface area contributed by atoms with Gasteiger partial charge in [0.05, 0.1) is 21.8 Å². The fraction of sp³-hybridized carbons (Fsp3) is 0.393. The summed E-state index contributed by atoms with van der Waals surface area (Å²) in [4.78, 5) is 13.6. The molecule has 3 fully saturated rings. The molecule has 5 heterocycles. The zero-order chi connectivity index (χ0) is 27.8. The number of likely N-dealkylation sites (tertiary alicyclic amines) is 1. The molecule has 4 aromatic rings. The van der Waals surface area contributed by atoms with E-state index in [9.17, 15) is 9.65 Å². The van der Waals surface area contributed by atoms with Gasteiger partial charge in [0.15, 0.2) is 5.82 Å². The molecule has 2 aromatic heterocycles. The predicted octanol–water partition coefficient (Wildman–Crippen LogP) is 5.27. The van der Waals surface area contributed by atoms with Crippen LogP contribution in [0.1, 0.15) is 31.2 Å². The number of ether oxygens (including phenoxy) is 1. The maximum absolute atomic E-state index is 16.6. The van der Waals surface area contributed by atoms with E-state index in [1.165, 1.54) is 12.1 Å². The summed E-state index contributed by atoms with van der Waals surface area (Å²) >= 11 is 7.72. The lowest BCUT2D eigenvalue weighted by atomic mass is 9.97. The van der Waals surface area contributed by atoms with Gasteiger partial charge >= 0.3 is 6.01 Å². The number of nitrogens with two attached hydrogens (primary N) is 1. The van der Waals surface area contributed by atoms with Crippen molar-refractivity contribution in [1.82, 2.24) is 20.2 Å². The topological polar surface area (TPSA) is 103 Å². The number of likely N-dealkylation sites (N-methyl/N-ethyl adjacent to an activating group) is 1. The third-order valence-corrected chi connectivity index (χ3v) is 9.75. The van der Waals surface area contributed by atoms with E-state index in [0.717, 1.165) is 56.7 Å². The maximum atomic E-state index is 16.6. The molecule has 3 saturated heterocycles. The Morgan fingerprint density at radius 2 is 2.17 bits per heavy atom. The average molecular weight is 582 g/mol. The van der Waals surface area contributed by atoms with Crippen LogP contribution in [0.2, 0.25) is 5.02 Å². The minimum Gasteiger partial charge on any atom is -0.462 e. The molecule has 40 heavy (non-hydrogen) atoms. The molecule has 3 N–H and O–H groups in total. The van der Waals surface area contributed by atoms with Gasteiger partial charge in [-0.3, -0.25) is 5.32 Å². The third kappa shape index (κ3) is 3.89. The Balaban J connectivity index is 1.41. The average Bonchev–Trinajstić information content (AvgIpc) is 3.23. The standard InChI is InChI=1S/C28H26ClF2N7OS/c1-37-9-2-4-14(37)12-39-27-35-23-16(26(36-27)38-13-28(38)7-3-8-34-28)10-18(29)21(22(23)31)15-5-6-19(30)24-20(15)17(11-32)25(33)40-24/h5-6,10,14,34H,2-4,7-9,12-13,33H2,1H3. The lowest BCUT2D eigenvalue weighted by Gasteiger charge is -2.20. The first kappa shape index (κ1) is 25.7. The lowest BCUT2D eigenvalue weighted by molar-refractivity contribution is 0.188. The maximum Gasteiger partial charge on any atom is 0.319 e. The quantitative estimate of drug-likeness (QED) is 0.307. The number of nitrogens with one attached hydrogen (secondary N) is 1. The van der Waals surface area contributed by atoms with Gasteiger partial charge in [-0.25, -0.2) is 8.78 Å². The number of fused-ring (bicyclic) bond motifs is 2. The van der Waals surface area contributed by atoms with Gasteiger partial charge in [0, 0.05) is 22.4 Å². The second kappa shape index (κ2) is 9.38. The molecular weight excluding hydrogens is 556 g/mol. The highest BCUT2D eigenvalue weighted by Crippen LogP contribution is 2.48. The number of nitrogen functional groups attached to an aromatic ring is 1. The number of thiophene rings is 1. The molecule has 2 aromatic carbocycles. The number of rotatable bonds is 5. The summed E-state index contributed by atoms with van der Waals surface area (Å²) in [6, 6.07) is 6.68. The predicted molar refractivity (Wildman–Crippen MR) is 153 cm³/mol. The highest BCUT2D eigenvalue weighted by atomic mass is 35.5. The van der Waals surface area contributed by atoms with Gasteiger partial charge < -0.3 is 20.3 Å². The second-order valence-electron chi connectivity index (χ2n) is 10.8. The van der Waals surface area contributed by atoms with Crippen molar-refractivity contribution in [3.05, 3.63) is 40.4 Å². The number of halogens is 3. The molecule has 206 valence electrons. The van der Waals surface area contributed by atoms with Crippen LogP contribution in [0.25, 0.3) is 32.1 Å². The van der Waals surface area contributed by atoms with E-state index in [1.807, 2.05) is 6.07 Å². The van der Waals surface area contributed by atoms with E-state index in [1.54, 1.807) is 6.07 Å². The molecular formula is C28H26ClF2N7OS. The minimum absolute atomic E-state index is 0.0269. The number of benzene rings is 2. The number of hydrogen-bond acceptors (Lipinski definition) is 9. The van der Waals surface area contributed by atoms with Gasteiger partial charge in [-0.1, -0.05) is 17.7 Å². The Hall–Kier alpha value is -3.30. The largest absolute Gasteiger partial charge is 0.462 e. The first-order chi connectivity index (χ1) is 19.3. The highest BCUT2D eigenvalue weighted by Gasteiger charge is 2.55. The van der Waals surface area contributed by atoms with Gasteiger partial charge in [0.1, 0.15) is 40.5 Å². The van der Waals surface area contributed by atoms with Gasteiger partial charge in [-0.15, -0.1) is 11.3 Å². The summed E-state index contributed by atoms with van der Waals surface area (Å²) in [6.45, 7) is 3.04. The van der Waals surface area contributed by atoms with E-state index in [4.69, 9.17) is 27.1 Å². The monoisotopic (exact) mass is 581 g/mol. The Morgan fingerprint density at radius 3 is 2.90 bits per heavy atom. The zero-order valence-corrected chi connectivity index (χ0v) is 23.3. The van der Waals surface area contributed by atoms with E-state index in [0.29, 0.717) is 17.8 Å². The molecule has 2 unspecified atom stereocenters. The minimum atomic E-state index is -0.689. The molecule has 8 nitrogen and oxygen atoms in total.